The minimum absolute atomic E-state index is 0.126. The van der Waals surface area contributed by atoms with Crippen LogP contribution in [0.15, 0.2) is 35.7 Å². The SMILES string of the molecule is NNC(Cc1cccs1)Cc1c(Cl)cccc1Cl. The first kappa shape index (κ1) is 13.8. The van der Waals surface area contributed by atoms with E-state index < -0.39 is 0 Å². The van der Waals surface area contributed by atoms with E-state index in [1.165, 1.54) is 4.88 Å². The minimum atomic E-state index is 0.126. The van der Waals surface area contributed by atoms with Crippen molar-refractivity contribution in [2.24, 2.45) is 5.84 Å². The van der Waals surface area contributed by atoms with Gasteiger partial charge in [0.2, 0.25) is 0 Å². The average Bonchev–Trinajstić information content (AvgIpc) is 2.85. The number of hydrogen-bond donors (Lipinski definition) is 2. The summed E-state index contributed by atoms with van der Waals surface area (Å²) in [6, 6.07) is 9.81. The summed E-state index contributed by atoms with van der Waals surface area (Å²) in [5.74, 6) is 5.61. The molecule has 0 aliphatic carbocycles. The third-order valence-corrected chi connectivity index (χ3v) is 4.38. The summed E-state index contributed by atoms with van der Waals surface area (Å²) in [5.41, 5.74) is 3.78. The second-order valence-electron chi connectivity index (χ2n) is 4.05. The molecule has 1 aromatic heterocycles. The lowest BCUT2D eigenvalue weighted by Gasteiger charge is -2.16. The maximum Gasteiger partial charge on any atom is 0.0453 e. The topological polar surface area (TPSA) is 38.0 Å². The highest BCUT2D eigenvalue weighted by molar-refractivity contribution is 7.09. The smallest absolute Gasteiger partial charge is 0.0453 e. The summed E-state index contributed by atoms with van der Waals surface area (Å²) in [6.07, 6.45) is 1.59. The molecule has 0 aliphatic heterocycles. The van der Waals surface area contributed by atoms with Crippen LogP contribution in [-0.2, 0) is 12.8 Å². The summed E-state index contributed by atoms with van der Waals surface area (Å²) in [6.45, 7) is 0. The van der Waals surface area contributed by atoms with Crippen molar-refractivity contribution in [3.8, 4) is 0 Å². The van der Waals surface area contributed by atoms with Crippen molar-refractivity contribution in [1.82, 2.24) is 5.43 Å². The van der Waals surface area contributed by atoms with Gasteiger partial charge in [-0.25, -0.2) is 0 Å². The van der Waals surface area contributed by atoms with E-state index in [0.29, 0.717) is 16.5 Å². The zero-order valence-electron chi connectivity index (χ0n) is 9.70. The van der Waals surface area contributed by atoms with E-state index in [1.807, 2.05) is 24.3 Å². The lowest BCUT2D eigenvalue weighted by Crippen LogP contribution is -2.38. The van der Waals surface area contributed by atoms with Crippen LogP contribution in [0.5, 0.6) is 0 Å². The van der Waals surface area contributed by atoms with E-state index in [2.05, 4.69) is 16.9 Å². The van der Waals surface area contributed by atoms with Crippen molar-refractivity contribution in [2.45, 2.75) is 18.9 Å². The molecule has 1 aromatic carbocycles. The predicted octanol–water partition coefficient (Wildman–Crippen LogP) is 3.67. The molecule has 0 saturated carbocycles. The van der Waals surface area contributed by atoms with E-state index in [9.17, 15) is 0 Å². The van der Waals surface area contributed by atoms with Crippen molar-refractivity contribution in [1.29, 1.82) is 0 Å². The number of hydrazine groups is 1. The third-order valence-electron chi connectivity index (χ3n) is 2.78. The number of nitrogens with two attached hydrogens (primary N) is 1. The molecule has 2 rings (SSSR count). The lowest BCUT2D eigenvalue weighted by molar-refractivity contribution is 0.526. The van der Waals surface area contributed by atoms with Gasteiger partial charge in [-0.1, -0.05) is 35.3 Å². The second kappa shape index (κ2) is 6.55. The van der Waals surface area contributed by atoms with Crippen LogP contribution in [-0.4, -0.2) is 6.04 Å². The average molecular weight is 301 g/mol. The number of rotatable bonds is 5. The normalized spacial score (nSPS) is 12.6. The standard InChI is InChI=1S/C13H14Cl2N2S/c14-12-4-1-5-13(15)11(12)8-9(17-16)7-10-3-2-6-18-10/h1-6,9,17H,7-8,16H2. The van der Waals surface area contributed by atoms with Crippen molar-refractivity contribution in [3.63, 3.8) is 0 Å². The number of halogens is 2. The van der Waals surface area contributed by atoms with Crippen molar-refractivity contribution >= 4 is 34.5 Å². The minimum Gasteiger partial charge on any atom is -0.271 e. The third kappa shape index (κ3) is 3.46. The molecular formula is C13H14Cl2N2S. The Bertz CT molecular complexity index is 479. The van der Waals surface area contributed by atoms with Gasteiger partial charge in [0.05, 0.1) is 0 Å². The summed E-state index contributed by atoms with van der Waals surface area (Å²) in [7, 11) is 0. The molecule has 2 aromatic rings. The first-order chi connectivity index (χ1) is 8.70. The molecule has 0 bridgehead atoms. The Morgan fingerprint density at radius 1 is 1.11 bits per heavy atom. The van der Waals surface area contributed by atoms with Gasteiger partial charge in [-0.3, -0.25) is 11.3 Å². The van der Waals surface area contributed by atoms with E-state index in [4.69, 9.17) is 29.0 Å². The number of hydrogen-bond acceptors (Lipinski definition) is 3. The van der Waals surface area contributed by atoms with Crippen LogP contribution in [0.25, 0.3) is 0 Å². The number of thiophene rings is 1. The molecule has 1 unspecified atom stereocenters. The molecule has 0 spiro atoms. The van der Waals surface area contributed by atoms with Crippen molar-refractivity contribution < 1.29 is 0 Å². The molecule has 2 nitrogen and oxygen atoms in total. The molecule has 3 N–H and O–H groups in total. The first-order valence-corrected chi connectivity index (χ1v) is 7.25. The molecule has 0 radical (unpaired) electrons. The lowest BCUT2D eigenvalue weighted by atomic mass is 10.0. The zero-order chi connectivity index (χ0) is 13.0. The van der Waals surface area contributed by atoms with Crippen LogP contribution in [0.3, 0.4) is 0 Å². The van der Waals surface area contributed by atoms with Crippen LogP contribution in [0, 0.1) is 0 Å². The summed E-state index contributed by atoms with van der Waals surface area (Å²) in [5, 5.41) is 3.44. The van der Waals surface area contributed by atoms with E-state index in [-0.39, 0.29) is 6.04 Å². The zero-order valence-corrected chi connectivity index (χ0v) is 12.0. The molecule has 0 amide bonds. The molecule has 5 heteroatoms. The van der Waals surface area contributed by atoms with Gasteiger partial charge in [-0.05, 0) is 42.0 Å². The fraction of sp³-hybridized carbons (Fsp3) is 0.231. The van der Waals surface area contributed by atoms with Gasteiger partial charge < -0.3 is 0 Å². The fourth-order valence-electron chi connectivity index (χ4n) is 1.84. The number of nitrogens with one attached hydrogen (secondary N) is 1. The summed E-state index contributed by atoms with van der Waals surface area (Å²) >= 11 is 14.0. The Hall–Kier alpha value is -0.580. The molecule has 96 valence electrons. The van der Waals surface area contributed by atoms with Crippen LogP contribution in [0.1, 0.15) is 10.4 Å². The Balaban J connectivity index is 2.10. The molecule has 0 saturated heterocycles. The largest absolute Gasteiger partial charge is 0.271 e. The maximum atomic E-state index is 6.16. The highest BCUT2D eigenvalue weighted by Crippen LogP contribution is 2.26. The Morgan fingerprint density at radius 3 is 2.39 bits per heavy atom. The van der Waals surface area contributed by atoms with E-state index >= 15 is 0 Å². The predicted molar refractivity (Wildman–Crippen MR) is 79.3 cm³/mol. The quantitative estimate of drug-likeness (QED) is 0.653. The molecule has 1 atom stereocenters. The Labute approximate surface area is 121 Å². The second-order valence-corrected chi connectivity index (χ2v) is 5.90. The van der Waals surface area contributed by atoms with Gasteiger partial charge in [0.25, 0.3) is 0 Å². The van der Waals surface area contributed by atoms with Crippen LogP contribution in [0.4, 0.5) is 0 Å². The highest BCUT2D eigenvalue weighted by Gasteiger charge is 2.14. The van der Waals surface area contributed by atoms with E-state index in [0.717, 1.165) is 12.0 Å². The van der Waals surface area contributed by atoms with Gasteiger partial charge in [0, 0.05) is 21.0 Å². The Morgan fingerprint density at radius 2 is 1.83 bits per heavy atom. The highest BCUT2D eigenvalue weighted by atomic mass is 35.5. The number of benzene rings is 1. The summed E-state index contributed by atoms with van der Waals surface area (Å²) < 4.78 is 0. The molecule has 0 fully saturated rings. The van der Waals surface area contributed by atoms with Crippen molar-refractivity contribution in [2.75, 3.05) is 0 Å². The van der Waals surface area contributed by atoms with E-state index in [1.54, 1.807) is 11.3 Å². The summed E-state index contributed by atoms with van der Waals surface area (Å²) in [4.78, 5) is 1.29. The monoisotopic (exact) mass is 300 g/mol. The van der Waals surface area contributed by atoms with Crippen LogP contribution in [0.2, 0.25) is 10.0 Å². The molecule has 18 heavy (non-hydrogen) atoms. The maximum absolute atomic E-state index is 6.16. The van der Waals surface area contributed by atoms with Crippen LogP contribution >= 0.6 is 34.5 Å². The van der Waals surface area contributed by atoms with Crippen LogP contribution < -0.4 is 11.3 Å². The van der Waals surface area contributed by atoms with Gasteiger partial charge in [-0.2, -0.15) is 0 Å². The molecule has 0 aliphatic rings. The fourth-order valence-corrected chi connectivity index (χ4v) is 3.17. The first-order valence-electron chi connectivity index (χ1n) is 5.62. The van der Waals surface area contributed by atoms with Gasteiger partial charge in [-0.15, -0.1) is 11.3 Å². The Kier molecular flexibility index (Phi) is 5.03. The van der Waals surface area contributed by atoms with Gasteiger partial charge in [0.15, 0.2) is 0 Å². The molecule has 1 heterocycles. The molecular weight excluding hydrogens is 287 g/mol. The van der Waals surface area contributed by atoms with Gasteiger partial charge in [0.1, 0.15) is 0 Å². The van der Waals surface area contributed by atoms with Gasteiger partial charge >= 0.3 is 0 Å². The van der Waals surface area contributed by atoms with Crippen molar-refractivity contribution in [3.05, 3.63) is 56.2 Å².